The quantitative estimate of drug-likeness (QED) is 0.172. The summed E-state index contributed by atoms with van der Waals surface area (Å²) in [6.45, 7) is 0.207. The maximum absolute atomic E-state index is 11.8. The molecule has 0 aliphatic carbocycles. The zero-order valence-electron chi connectivity index (χ0n) is 14.9. The normalized spacial score (nSPS) is 31.2. The van der Waals surface area contributed by atoms with Crippen molar-refractivity contribution in [3.63, 3.8) is 0 Å². The molecule has 16 nitrogen and oxygen atoms in total. The highest BCUT2D eigenvalue weighted by Gasteiger charge is 2.54. The van der Waals surface area contributed by atoms with E-state index in [9.17, 15) is 28.8 Å². The topological polar surface area (TPSA) is 253 Å². The second kappa shape index (κ2) is 8.73. The number of phosphoric acid groups is 3. The van der Waals surface area contributed by atoms with Crippen LogP contribution in [0.5, 0.6) is 0 Å². The molecule has 0 spiro atoms. The van der Waals surface area contributed by atoms with Crippen molar-refractivity contribution in [2.45, 2.75) is 31.0 Å². The molecule has 2 heterocycles. The molecule has 1 aliphatic heterocycles. The molecule has 1 fully saturated rings. The van der Waals surface area contributed by atoms with Crippen LogP contribution in [0.2, 0.25) is 0 Å². The highest BCUT2D eigenvalue weighted by Crippen LogP contribution is 2.66. The Labute approximate surface area is 173 Å². The zero-order valence-corrected chi connectivity index (χ0v) is 18.4. The largest absolute Gasteiger partial charge is 0.490 e. The highest BCUT2D eigenvalue weighted by molar-refractivity contribution is 7.71. The number of hydrogen-bond acceptors (Lipinski definition) is 12. The lowest BCUT2D eigenvalue weighted by molar-refractivity contribution is -0.0977. The molecule has 172 valence electrons. The Morgan fingerprint density at radius 1 is 1.27 bits per heavy atom. The van der Waals surface area contributed by atoms with Crippen LogP contribution < -0.4 is 5.73 Å². The van der Waals surface area contributed by atoms with Crippen molar-refractivity contribution in [1.82, 2.24) is 9.55 Å². The van der Waals surface area contributed by atoms with Crippen molar-refractivity contribution in [2.75, 3.05) is 12.3 Å². The average molecular weight is 513 g/mol. The summed E-state index contributed by atoms with van der Waals surface area (Å²) >= 11 is 5.01. The van der Waals surface area contributed by atoms with Crippen LogP contribution in [0.1, 0.15) is 13.2 Å². The smallest absolute Gasteiger partial charge is 0.387 e. The number of nitrogens with two attached hydrogens (primary N) is 1. The first-order chi connectivity index (χ1) is 13.4. The van der Waals surface area contributed by atoms with Crippen molar-refractivity contribution in [1.29, 1.82) is 0 Å². The van der Waals surface area contributed by atoms with Gasteiger partial charge in [0.2, 0.25) is 4.77 Å². The van der Waals surface area contributed by atoms with Crippen LogP contribution >= 0.6 is 35.7 Å². The number of phosphoric ester groups is 1. The van der Waals surface area contributed by atoms with Gasteiger partial charge in [-0.15, -0.1) is 0 Å². The Bertz CT molecular complexity index is 995. The monoisotopic (exact) mass is 513 g/mol. The van der Waals surface area contributed by atoms with Gasteiger partial charge < -0.3 is 40.3 Å². The maximum Gasteiger partial charge on any atom is 0.490 e. The van der Waals surface area contributed by atoms with E-state index >= 15 is 0 Å². The predicted octanol–water partition coefficient (Wildman–Crippen LogP) is -0.453. The summed E-state index contributed by atoms with van der Waals surface area (Å²) < 4.78 is 51.7. The molecule has 30 heavy (non-hydrogen) atoms. The minimum Gasteiger partial charge on any atom is -0.387 e. The molecule has 1 aromatic rings. The van der Waals surface area contributed by atoms with Crippen LogP contribution in [-0.2, 0) is 31.6 Å². The van der Waals surface area contributed by atoms with Crippen LogP contribution in [-0.4, -0.2) is 63.8 Å². The molecule has 0 bridgehead atoms. The van der Waals surface area contributed by atoms with E-state index in [0.717, 1.165) is 4.57 Å². The van der Waals surface area contributed by atoms with E-state index in [1.165, 1.54) is 19.2 Å². The molecule has 6 atom stereocenters. The van der Waals surface area contributed by atoms with Crippen molar-refractivity contribution < 1.29 is 61.4 Å². The number of hydrogen-bond donors (Lipinski definition) is 7. The average Bonchev–Trinajstić information content (AvgIpc) is 2.73. The van der Waals surface area contributed by atoms with Gasteiger partial charge >= 0.3 is 23.5 Å². The van der Waals surface area contributed by atoms with Gasteiger partial charge in [-0.2, -0.15) is 8.62 Å². The molecule has 0 aromatic carbocycles. The van der Waals surface area contributed by atoms with Gasteiger partial charge in [0.25, 0.3) is 0 Å². The first-order valence-corrected chi connectivity index (χ1v) is 12.6. The lowest BCUT2D eigenvalue weighted by atomic mass is 9.96. The predicted molar refractivity (Wildman–Crippen MR) is 97.8 cm³/mol. The number of nitrogen functional groups attached to an aromatic ring is 1. The SMILES string of the molecule is C[C@@]1(O)C(O)[C@@H](COP(=O)(O)OP(=O)(O)OP(=O)(O)O)O[C@H]1n1ccc(N)nc1=S. The summed E-state index contributed by atoms with van der Waals surface area (Å²) in [4.78, 5) is 39.4. The fourth-order valence-electron chi connectivity index (χ4n) is 2.45. The van der Waals surface area contributed by atoms with Gasteiger partial charge in [0, 0.05) is 6.20 Å². The van der Waals surface area contributed by atoms with E-state index < -0.39 is 54.1 Å². The van der Waals surface area contributed by atoms with Gasteiger partial charge in [-0.25, -0.2) is 18.7 Å². The standard InChI is InChI=1S/C10H18N3O13P3S/c1-10(15)7(14)5(24-8(10)13-3-2-6(11)12-9(13)30)4-23-28(19,20)26-29(21,22)25-27(16,17)18/h2-3,5,7-8,14-15H,4H2,1H3,(H,19,20)(H,21,22)(H2,11,12,30)(H2,16,17,18)/t5-,7?,8-,10-/m1/s1. The van der Waals surface area contributed by atoms with Crippen molar-refractivity contribution in [3.8, 4) is 0 Å². The molecule has 0 saturated carbocycles. The first kappa shape index (κ1) is 25.6. The van der Waals surface area contributed by atoms with Gasteiger partial charge in [0.1, 0.15) is 23.6 Å². The number of aliphatic hydroxyl groups is 2. The lowest BCUT2D eigenvalue weighted by Crippen LogP contribution is -2.44. The fraction of sp³-hybridized carbons (Fsp3) is 0.600. The van der Waals surface area contributed by atoms with Gasteiger partial charge in [0.05, 0.1) is 6.61 Å². The Balaban J connectivity index is 2.12. The van der Waals surface area contributed by atoms with Crippen LogP contribution in [0.4, 0.5) is 5.82 Å². The molecular weight excluding hydrogens is 495 g/mol. The van der Waals surface area contributed by atoms with E-state index in [2.05, 4.69) is 18.1 Å². The number of ether oxygens (including phenoxy) is 1. The van der Waals surface area contributed by atoms with E-state index in [-0.39, 0.29) is 10.6 Å². The van der Waals surface area contributed by atoms with Gasteiger partial charge in [-0.3, -0.25) is 9.09 Å². The van der Waals surface area contributed by atoms with Crippen LogP contribution in [0.3, 0.4) is 0 Å². The van der Waals surface area contributed by atoms with Crippen LogP contribution in [0.25, 0.3) is 0 Å². The second-order valence-corrected chi connectivity index (χ2v) is 10.9. The molecular formula is C10H18N3O13P3S. The summed E-state index contributed by atoms with van der Waals surface area (Å²) in [5.41, 5.74) is 3.49. The maximum atomic E-state index is 11.8. The number of anilines is 1. The van der Waals surface area contributed by atoms with Gasteiger partial charge in [-0.1, -0.05) is 0 Å². The summed E-state index contributed by atoms with van der Waals surface area (Å²) in [6.07, 6.45) is -3.20. The molecule has 1 aliphatic rings. The number of nitrogens with zero attached hydrogens (tertiary/aromatic N) is 2. The number of aliphatic hydroxyl groups excluding tert-OH is 1. The summed E-state index contributed by atoms with van der Waals surface area (Å²) in [5.74, 6) is 0.0821. The number of rotatable bonds is 8. The molecule has 0 amide bonds. The summed E-state index contributed by atoms with van der Waals surface area (Å²) in [5, 5.41) is 20.9. The molecule has 3 unspecified atom stereocenters. The molecule has 2 rings (SSSR count). The summed E-state index contributed by atoms with van der Waals surface area (Å²) in [6, 6.07) is 1.33. The Morgan fingerprint density at radius 2 is 1.87 bits per heavy atom. The van der Waals surface area contributed by atoms with Crippen molar-refractivity contribution in [2.24, 2.45) is 0 Å². The Morgan fingerprint density at radius 3 is 2.40 bits per heavy atom. The lowest BCUT2D eigenvalue weighted by Gasteiger charge is -2.28. The second-order valence-electron chi connectivity index (χ2n) is 6.13. The minimum atomic E-state index is -5.70. The fourth-order valence-corrected chi connectivity index (χ4v) is 5.74. The molecule has 8 N–H and O–H groups in total. The third kappa shape index (κ3) is 6.45. The Hall–Kier alpha value is -0.610. The number of aromatic nitrogens is 2. The molecule has 1 saturated heterocycles. The van der Waals surface area contributed by atoms with E-state index in [1.54, 1.807) is 0 Å². The van der Waals surface area contributed by atoms with Crippen molar-refractivity contribution >= 4 is 41.5 Å². The third-order valence-corrected chi connectivity index (χ3v) is 7.78. The minimum absolute atomic E-state index is 0.0821. The van der Waals surface area contributed by atoms with Gasteiger partial charge in [0.15, 0.2) is 6.23 Å². The van der Waals surface area contributed by atoms with E-state index in [0.29, 0.717) is 0 Å². The van der Waals surface area contributed by atoms with Crippen LogP contribution in [0.15, 0.2) is 12.3 Å². The zero-order chi connectivity index (χ0) is 23.1. The Kier molecular flexibility index (Phi) is 7.46. The van der Waals surface area contributed by atoms with E-state index in [1.807, 2.05) is 0 Å². The third-order valence-electron chi connectivity index (χ3n) is 3.68. The first-order valence-electron chi connectivity index (χ1n) is 7.62. The molecule has 20 heteroatoms. The van der Waals surface area contributed by atoms with Crippen LogP contribution in [0, 0.1) is 4.77 Å². The molecule has 1 aromatic heterocycles. The highest BCUT2D eigenvalue weighted by atomic mass is 32.1. The van der Waals surface area contributed by atoms with Gasteiger partial charge in [-0.05, 0) is 25.2 Å². The van der Waals surface area contributed by atoms with E-state index in [4.69, 9.17) is 37.4 Å². The summed E-state index contributed by atoms with van der Waals surface area (Å²) in [7, 11) is -16.7. The van der Waals surface area contributed by atoms with Crippen molar-refractivity contribution in [3.05, 3.63) is 17.0 Å². The molecule has 0 radical (unpaired) electrons.